The summed E-state index contributed by atoms with van der Waals surface area (Å²) in [6.45, 7) is 10.9. The number of rotatable bonds is 12. The Morgan fingerprint density at radius 2 is 2.06 bits per heavy atom. The Labute approximate surface area is 199 Å². The summed E-state index contributed by atoms with van der Waals surface area (Å²) < 4.78 is 39.7. The van der Waals surface area contributed by atoms with Gasteiger partial charge in [-0.15, -0.1) is 0 Å². The molecule has 1 heterocycles. The lowest BCUT2D eigenvalue weighted by molar-refractivity contribution is -0.136. The van der Waals surface area contributed by atoms with Gasteiger partial charge in [-0.1, -0.05) is 20.3 Å². The summed E-state index contributed by atoms with van der Waals surface area (Å²) in [7, 11) is 0. The van der Waals surface area contributed by atoms with Gasteiger partial charge in [0.2, 0.25) is 0 Å². The van der Waals surface area contributed by atoms with Gasteiger partial charge in [0.25, 0.3) is 0 Å². The molecule has 0 amide bonds. The maximum atomic E-state index is 12.6. The Kier molecular flexibility index (Phi) is 10.0. The zero-order valence-electron chi connectivity index (χ0n) is 20.2. The fourth-order valence-electron chi connectivity index (χ4n) is 3.51. The molecule has 9 heteroatoms. The molecule has 0 aliphatic heterocycles. The second-order valence-corrected chi connectivity index (χ2v) is 8.39. The number of aliphatic imine (C=N–C) groups is 2. The Balaban J connectivity index is 2.15. The molecule has 0 fully saturated rings. The van der Waals surface area contributed by atoms with E-state index >= 15 is 0 Å². The van der Waals surface area contributed by atoms with Crippen molar-refractivity contribution in [2.75, 3.05) is 12.0 Å². The first kappa shape index (κ1) is 27.3. The number of aromatic nitrogens is 2. The second kappa shape index (κ2) is 12.5. The number of nitrogens with zero attached hydrogens (tertiary/aromatic N) is 4. The van der Waals surface area contributed by atoms with Crippen LogP contribution in [0.25, 0.3) is 5.69 Å². The van der Waals surface area contributed by atoms with Gasteiger partial charge in [0.15, 0.2) is 0 Å². The molecule has 34 heavy (non-hydrogen) atoms. The third-order valence-electron chi connectivity index (χ3n) is 5.41. The molecule has 2 unspecified atom stereocenters. The molecule has 1 aromatic heterocycles. The Bertz CT molecular complexity index is 1010. The Hall–Kier alpha value is -2.94. The number of hydrogen-bond donors (Lipinski definition) is 2. The third kappa shape index (κ3) is 8.44. The van der Waals surface area contributed by atoms with Crippen LogP contribution in [0, 0.1) is 12.8 Å². The quantitative estimate of drug-likeness (QED) is 0.375. The largest absolute Gasteiger partial charge is 0.389 e. The predicted molar refractivity (Wildman–Crippen MR) is 132 cm³/mol. The highest BCUT2D eigenvalue weighted by molar-refractivity contribution is 5.98. The van der Waals surface area contributed by atoms with E-state index in [4.69, 9.17) is 0 Å². The minimum Gasteiger partial charge on any atom is -0.387 e. The van der Waals surface area contributed by atoms with Crippen LogP contribution in [0.2, 0.25) is 0 Å². The molecule has 2 rings (SSSR count). The minimum absolute atomic E-state index is 0.108. The van der Waals surface area contributed by atoms with Crippen molar-refractivity contribution in [1.29, 1.82) is 0 Å². The summed E-state index contributed by atoms with van der Waals surface area (Å²) >= 11 is 0. The summed E-state index contributed by atoms with van der Waals surface area (Å²) in [4.78, 5) is 12.6. The van der Waals surface area contributed by atoms with Gasteiger partial charge in [0.1, 0.15) is 6.67 Å². The van der Waals surface area contributed by atoms with Crippen LogP contribution in [0.15, 0.2) is 52.5 Å². The lowest BCUT2D eigenvalue weighted by Crippen LogP contribution is -2.18. The van der Waals surface area contributed by atoms with Gasteiger partial charge in [-0.2, -0.15) is 13.2 Å². The zero-order chi connectivity index (χ0) is 25.3. The van der Waals surface area contributed by atoms with Gasteiger partial charge >= 0.3 is 6.18 Å². The molecule has 0 radical (unpaired) electrons. The number of halogens is 3. The number of benzene rings is 1. The molecule has 0 aliphatic rings. The molecule has 0 saturated heterocycles. The van der Waals surface area contributed by atoms with Gasteiger partial charge in [0.05, 0.1) is 23.8 Å². The van der Waals surface area contributed by atoms with E-state index in [1.807, 2.05) is 29.8 Å². The summed E-state index contributed by atoms with van der Waals surface area (Å²) in [6, 6.07) is 6.04. The number of aryl methyl sites for hydroxylation is 2. The maximum absolute atomic E-state index is 12.6. The number of alkyl halides is 3. The minimum atomic E-state index is -4.23. The average Bonchev–Trinajstić information content (AvgIpc) is 3.20. The van der Waals surface area contributed by atoms with E-state index in [2.05, 4.69) is 40.0 Å². The van der Waals surface area contributed by atoms with Gasteiger partial charge in [-0.05, 0) is 69.2 Å². The van der Waals surface area contributed by atoms with Crippen molar-refractivity contribution < 1.29 is 18.3 Å². The Morgan fingerprint density at radius 1 is 1.32 bits per heavy atom. The first-order valence-electron chi connectivity index (χ1n) is 11.4. The average molecular weight is 478 g/mol. The normalized spacial score (nSPS) is 14.7. The van der Waals surface area contributed by atoms with Crippen LogP contribution in [0.5, 0.6) is 0 Å². The molecule has 2 N–H and O–H groups in total. The van der Waals surface area contributed by atoms with E-state index in [-0.39, 0.29) is 13.1 Å². The molecular formula is C25H34F3N5O. The third-order valence-corrected chi connectivity index (χ3v) is 5.41. The highest BCUT2D eigenvalue weighted by Crippen LogP contribution is 2.27. The number of hydrogen-bond acceptors (Lipinski definition) is 5. The van der Waals surface area contributed by atoms with Crippen LogP contribution in [0.1, 0.15) is 51.3 Å². The molecule has 1 aromatic carbocycles. The Morgan fingerprint density at radius 3 is 2.62 bits per heavy atom. The summed E-state index contributed by atoms with van der Waals surface area (Å²) in [5.41, 5.74) is 4.75. The molecule has 6 nitrogen and oxygen atoms in total. The van der Waals surface area contributed by atoms with Crippen molar-refractivity contribution in [1.82, 2.24) is 9.55 Å². The van der Waals surface area contributed by atoms with E-state index in [1.165, 1.54) is 11.6 Å². The number of aliphatic hydroxyl groups is 1. The van der Waals surface area contributed by atoms with Gasteiger partial charge < -0.3 is 15.0 Å². The van der Waals surface area contributed by atoms with Gasteiger partial charge in [-0.25, -0.2) is 4.98 Å². The molecule has 0 spiro atoms. The van der Waals surface area contributed by atoms with Crippen molar-refractivity contribution in [3.63, 3.8) is 0 Å². The van der Waals surface area contributed by atoms with E-state index in [0.29, 0.717) is 11.4 Å². The topological polar surface area (TPSA) is 74.8 Å². The highest BCUT2D eigenvalue weighted by Gasteiger charge is 2.28. The van der Waals surface area contributed by atoms with E-state index in [1.54, 1.807) is 20.2 Å². The summed E-state index contributed by atoms with van der Waals surface area (Å²) in [5, 5.41) is 13.3. The van der Waals surface area contributed by atoms with Crippen LogP contribution in [-0.2, 0) is 6.42 Å². The van der Waals surface area contributed by atoms with Crippen molar-refractivity contribution in [2.24, 2.45) is 15.9 Å². The maximum Gasteiger partial charge on any atom is 0.389 e. The standard InChI is InChI=1S/C25H34F3N5O/c1-6-7-20-12-21(8-9-24(20)33-14-18(3)32-16-33)30-15-31-23(19(4)34)13-22(29-5)17(2)10-11-25(26,27)28/h8-9,12-14,16-17,19,30,34H,5-7,10-11,15H2,1-4H3/b22-13-,31-23+. The molecule has 0 aliphatic carbocycles. The molecule has 2 atom stereocenters. The lowest BCUT2D eigenvalue weighted by Gasteiger charge is -2.15. The second-order valence-electron chi connectivity index (χ2n) is 8.39. The van der Waals surface area contributed by atoms with Crippen LogP contribution in [0.4, 0.5) is 18.9 Å². The van der Waals surface area contributed by atoms with E-state index in [9.17, 15) is 18.3 Å². The SMILES string of the molecule is C=N/C(=C\C(=N/CNc1ccc(-n2cnc(C)c2)c(CCC)c1)C(C)O)C(C)CCC(F)(F)F. The molecule has 2 aromatic rings. The van der Waals surface area contributed by atoms with Gasteiger partial charge in [-0.3, -0.25) is 9.98 Å². The number of allylic oxidation sites excluding steroid dienone is 1. The van der Waals surface area contributed by atoms with Crippen LogP contribution >= 0.6 is 0 Å². The first-order valence-corrected chi connectivity index (χ1v) is 11.4. The van der Waals surface area contributed by atoms with Crippen molar-refractivity contribution in [3.8, 4) is 5.69 Å². The van der Waals surface area contributed by atoms with Crippen LogP contribution in [0.3, 0.4) is 0 Å². The predicted octanol–water partition coefficient (Wildman–Crippen LogP) is 5.89. The monoisotopic (exact) mass is 477 g/mol. The molecule has 0 bridgehead atoms. The number of imidazole rings is 1. The fourth-order valence-corrected chi connectivity index (χ4v) is 3.51. The van der Waals surface area contributed by atoms with Crippen LogP contribution in [-0.4, -0.2) is 46.0 Å². The van der Waals surface area contributed by atoms with Crippen molar-refractivity contribution >= 4 is 18.1 Å². The van der Waals surface area contributed by atoms with Gasteiger partial charge in [0, 0.05) is 29.7 Å². The lowest BCUT2D eigenvalue weighted by atomic mass is 9.99. The van der Waals surface area contributed by atoms with Crippen molar-refractivity contribution in [2.45, 2.75) is 65.7 Å². The van der Waals surface area contributed by atoms with Crippen molar-refractivity contribution in [3.05, 3.63) is 53.8 Å². The fraction of sp³-hybridized carbons (Fsp3) is 0.480. The molecule has 186 valence electrons. The van der Waals surface area contributed by atoms with Crippen LogP contribution < -0.4 is 5.32 Å². The number of aliphatic hydroxyl groups excluding tert-OH is 1. The summed E-state index contributed by atoms with van der Waals surface area (Å²) in [6.07, 6.45) is 1.04. The number of nitrogens with one attached hydrogen (secondary N) is 1. The van der Waals surface area contributed by atoms with E-state index < -0.39 is 24.6 Å². The molecular weight excluding hydrogens is 443 g/mol. The number of anilines is 1. The summed E-state index contributed by atoms with van der Waals surface area (Å²) in [5.74, 6) is -0.466. The first-order chi connectivity index (χ1) is 16.0. The highest BCUT2D eigenvalue weighted by atomic mass is 19.4. The molecule has 0 saturated carbocycles. The van der Waals surface area contributed by atoms with E-state index in [0.717, 1.165) is 29.9 Å². The zero-order valence-corrected chi connectivity index (χ0v) is 20.2. The smallest absolute Gasteiger partial charge is 0.387 e.